The van der Waals surface area contributed by atoms with Crippen molar-refractivity contribution in [3.8, 4) is 0 Å². The third kappa shape index (κ3) is 4.27. The van der Waals surface area contributed by atoms with E-state index in [1.807, 2.05) is 11.5 Å². The normalized spacial score (nSPS) is 11.7. The first-order chi connectivity index (χ1) is 9.24. The van der Waals surface area contributed by atoms with Gasteiger partial charge >= 0.3 is 5.97 Å². The molecule has 8 heteroatoms. The molecule has 0 aromatic carbocycles. The summed E-state index contributed by atoms with van der Waals surface area (Å²) < 4.78 is 6.90. The number of imidazole rings is 1. The summed E-state index contributed by atoms with van der Waals surface area (Å²) in [4.78, 5) is 18.6. The minimum absolute atomic E-state index is 0.271. The Kier molecular flexibility index (Phi) is 6.42. The van der Waals surface area contributed by atoms with Gasteiger partial charge in [0.2, 0.25) is 0 Å². The largest absolute Gasteiger partial charge is 0.465 e. The van der Waals surface area contributed by atoms with Gasteiger partial charge in [-0.2, -0.15) is 0 Å². The number of nitrogens with zero attached hydrogens (tertiary/aromatic N) is 5. The SMILES string of the molecule is CCOC(=O)C(NCCN=[N+]=[N-])c1cncn1CC. The number of carbonyl (C=O) groups is 1. The number of rotatable bonds is 8. The Labute approximate surface area is 111 Å². The van der Waals surface area contributed by atoms with Crippen LogP contribution in [0.25, 0.3) is 10.4 Å². The van der Waals surface area contributed by atoms with Gasteiger partial charge in [-0.1, -0.05) is 5.11 Å². The molecule has 8 nitrogen and oxygen atoms in total. The average molecular weight is 266 g/mol. The predicted octanol–water partition coefficient (Wildman–Crippen LogP) is 1.41. The lowest BCUT2D eigenvalue weighted by molar-refractivity contribution is -0.146. The molecule has 1 aromatic heterocycles. The van der Waals surface area contributed by atoms with Crippen LogP contribution in [0, 0.1) is 0 Å². The summed E-state index contributed by atoms with van der Waals surface area (Å²) in [6.45, 7) is 5.41. The maximum absolute atomic E-state index is 11.9. The summed E-state index contributed by atoms with van der Waals surface area (Å²) >= 11 is 0. The fourth-order valence-electron chi connectivity index (χ4n) is 1.67. The lowest BCUT2D eigenvalue weighted by Crippen LogP contribution is -2.33. The molecule has 1 unspecified atom stereocenters. The molecule has 1 atom stereocenters. The molecule has 19 heavy (non-hydrogen) atoms. The van der Waals surface area contributed by atoms with Crippen LogP contribution in [0.2, 0.25) is 0 Å². The number of azide groups is 1. The monoisotopic (exact) mass is 266 g/mol. The summed E-state index contributed by atoms with van der Waals surface area (Å²) in [5, 5.41) is 6.43. The minimum atomic E-state index is -0.601. The van der Waals surface area contributed by atoms with Gasteiger partial charge < -0.3 is 9.30 Å². The van der Waals surface area contributed by atoms with Gasteiger partial charge in [-0.15, -0.1) is 0 Å². The highest BCUT2D eigenvalue weighted by Gasteiger charge is 2.24. The fraction of sp³-hybridized carbons (Fsp3) is 0.636. The summed E-state index contributed by atoms with van der Waals surface area (Å²) in [7, 11) is 0. The topological polar surface area (TPSA) is 105 Å². The Morgan fingerprint density at radius 2 is 2.47 bits per heavy atom. The van der Waals surface area contributed by atoms with Gasteiger partial charge in [0.05, 0.1) is 24.8 Å². The molecule has 1 heterocycles. The zero-order valence-corrected chi connectivity index (χ0v) is 11.1. The van der Waals surface area contributed by atoms with Crippen molar-refractivity contribution >= 4 is 5.97 Å². The van der Waals surface area contributed by atoms with Crippen LogP contribution in [0.5, 0.6) is 0 Å². The van der Waals surface area contributed by atoms with Gasteiger partial charge in [-0.05, 0) is 19.4 Å². The zero-order valence-electron chi connectivity index (χ0n) is 11.1. The van der Waals surface area contributed by atoms with Gasteiger partial charge in [-0.25, -0.2) is 9.78 Å². The van der Waals surface area contributed by atoms with Crippen molar-refractivity contribution in [2.24, 2.45) is 5.11 Å². The zero-order chi connectivity index (χ0) is 14.1. The fourth-order valence-corrected chi connectivity index (χ4v) is 1.67. The number of carbonyl (C=O) groups excluding carboxylic acids is 1. The average Bonchev–Trinajstić information content (AvgIpc) is 2.87. The Morgan fingerprint density at radius 3 is 3.11 bits per heavy atom. The van der Waals surface area contributed by atoms with Crippen LogP contribution in [0.4, 0.5) is 0 Å². The molecular formula is C11H18N6O2. The second kappa shape index (κ2) is 8.12. The summed E-state index contributed by atoms with van der Waals surface area (Å²) in [6.07, 6.45) is 3.29. The number of aromatic nitrogens is 2. The van der Waals surface area contributed by atoms with Gasteiger partial charge in [0.25, 0.3) is 0 Å². The second-order valence-corrected chi connectivity index (χ2v) is 3.70. The molecule has 0 aliphatic heterocycles. The van der Waals surface area contributed by atoms with Crippen molar-refractivity contribution in [2.75, 3.05) is 19.7 Å². The molecule has 0 aliphatic carbocycles. The molecule has 0 aliphatic rings. The molecule has 0 fully saturated rings. The minimum Gasteiger partial charge on any atom is -0.465 e. The van der Waals surface area contributed by atoms with E-state index in [1.165, 1.54) is 0 Å². The number of hydrogen-bond acceptors (Lipinski definition) is 5. The van der Waals surface area contributed by atoms with E-state index in [0.29, 0.717) is 19.7 Å². The van der Waals surface area contributed by atoms with E-state index in [-0.39, 0.29) is 12.5 Å². The highest BCUT2D eigenvalue weighted by atomic mass is 16.5. The maximum atomic E-state index is 11.9. The maximum Gasteiger partial charge on any atom is 0.329 e. The molecule has 1 rings (SSSR count). The van der Waals surface area contributed by atoms with Crippen molar-refractivity contribution in [1.82, 2.24) is 14.9 Å². The summed E-state index contributed by atoms with van der Waals surface area (Å²) in [5.74, 6) is -0.362. The Balaban J connectivity index is 2.79. The third-order valence-electron chi connectivity index (χ3n) is 2.53. The molecule has 0 saturated heterocycles. The van der Waals surface area contributed by atoms with Crippen LogP contribution in [-0.2, 0) is 16.1 Å². The molecular weight excluding hydrogens is 248 g/mol. The Morgan fingerprint density at radius 1 is 1.68 bits per heavy atom. The molecule has 0 spiro atoms. The van der Waals surface area contributed by atoms with E-state index in [1.54, 1.807) is 19.4 Å². The Bertz CT molecular complexity index is 452. The first kappa shape index (κ1) is 15.0. The van der Waals surface area contributed by atoms with Crippen molar-refractivity contribution in [1.29, 1.82) is 0 Å². The van der Waals surface area contributed by atoms with E-state index in [2.05, 4.69) is 20.3 Å². The smallest absolute Gasteiger partial charge is 0.329 e. The number of hydrogen-bond donors (Lipinski definition) is 1. The quantitative estimate of drug-likeness (QED) is 0.252. The van der Waals surface area contributed by atoms with Crippen molar-refractivity contribution in [3.63, 3.8) is 0 Å². The first-order valence-corrected chi connectivity index (χ1v) is 6.15. The van der Waals surface area contributed by atoms with Crippen molar-refractivity contribution < 1.29 is 9.53 Å². The molecule has 1 N–H and O–H groups in total. The predicted molar refractivity (Wildman–Crippen MR) is 69.3 cm³/mol. The summed E-state index contributed by atoms with van der Waals surface area (Å²) in [6, 6.07) is -0.601. The van der Waals surface area contributed by atoms with Gasteiger partial charge in [0.1, 0.15) is 6.04 Å². The van der Waals surface area contributed by atoms with Crippen LogP contribution in [0.15, 0.2) is 17.6 Å². The third-order valence-corrected chi connectivity index (χ3v) is 2.53. The molecule has 1 aromatic rings. The second-order valence-electron chi connectivity index (χ2n) is 3.70. The standard InChI is InChI=1S/C11H18N6O2/c1-3-17-8-13-7-9(17)10(11(18)19-4-2)14-5-6-15-16-12/h7-8,10,14H,3-6H2,1-2H3. The van der Waals surface area contributed by atoms with Gasteiger partial charge in [0, 0.05) is 24.5 Å². The van der Waals surface area contributed by atoms with Gasteiger partial charge in [0.15, 0.2) is 0 Å². The van der Waals surface area contributed by atoms with Crippen LogP contribution < -0.4 is 5.32 Å². The van der Waals surface area contributed by atoms with Crippen molar-refractivity contribution in [2.45, 2.75) is 26.4 Å². The lowest BCUT2D eigenvalue weighted by atomic mass is 10.2. The van der Waals surface area contributed by atoms with Gasteiger partial charge in [-0.3, -0.25) is 5.32 Å². The van der Waals surface area contributed by atoms with Crippen LogP contribution in [0.1, 0.15) is 25.6 Å². The lowest BCUT2D eigenvalue weighted by Gasteiger charge is -2.18. The molecule has 0 amide bonds. The van der Waals surface area contributed by atoms with Crippen LogP contribution in [0.3, 0.4) is 0 Å². The van der Waals surface area contributed by atoms with E-state index < -0.39 is 6.04 Å². The number of ether oxygens (including phenoxy) is 1. The number of aryl methyl sites for hydroxylation is 1. The number of esters is 1. The molecule has 104 valence electrons. The van der Waals surface area contributed by atoms with E-state index in [9.17, 15) is 4.79 Å². The van der Waals surface area contributed by atoms with Crippen molar-refractivity contribution in [3.05, 3.63) is 28.7 Å². The molecule has 0 bridgehead atoms. The number of nitrogens with one attached hydrogen (secondary N) is 1. The molecule has 0 radical (unpaired) electrons. The van der Waals surface area contributed by atoms with E-state index in [4.69, 9.17) is 10.3 Å². The van der Waals surface area contributed by atoms with Crippen LogP contribution in [-0.4, -0.2) is 35.2 Å². The first-order valence-electron chi connectivity index (χ1n) is 6.15. The van der Waals surface area contributed by atoms with Crippen LogP contribution >= 0.6 is 0 Å². The van der Waals surface area contributed by atoms with E-state index >= 15 is 0 Å². The highest BCUT2D eigenvalue weighted by Crippen LogP contribution is 2.14. The summed E-state index contributed by atoms with van der Waals surface area (Å²) in [5.41, 5.74) is 8.95. The van der Waals surface area contributed by atoms with E-state index in [0.717, 1.165) is 5.69 Å². The Hall–Kier alpha value is -2.05. The highest BCUT2D eigenvalue weighted by molar-refractivity contribution is 5.77. The molecule has 0 saturated carbocycles.